The van der Waals surface area contributed by atoms with Crippen LogP contribution in [0.4, 0.5) is 10.2 Å². The van der Waals surface area contributed by atoms with E-state index in [-0.39, 0.29) is 17.9 Å². The van der Waals surface area contributed by atoms with Crippen molar-refractivity contribution in [3.8, 4) is 5.69 Å². The van der Waals surface area contributed by atoms with Crippen molar-refractivity contribution < 1.29 is 4.39 Å². The zero-order chi connectivity index (χ0) is 22.1. The molecule has 2 N–H and O–H groups in total. The number of aromatic amines is 1. The van der Waals surface area contributed by atoms with Gasteiger partial charge in [0.25, 0.3) is 5.56 Å². The molecular weight excluding hydrogens is 433 g/mol. The predicted octanol–water partition coefficient (Wildman–Crippen LogP) is 3.76. The van der Waals surface area contributed by atoms with Gasteiger partial charge in [-0.25, -0.2) is 9.37 Å². The van der Waals surface area contributed by atoms with Crippen LogP contribution in [0.2, 0.25) is 5.02 Å². The molecule has 0 amide bonds. The van der Waals surface area contributed by atoms with Crippen molar-refractivity contribution in [2.75, 3.05) is 5.32 Å². The summed E-state index contributed by atoms with van der Waals surface area (Å²) in [5.74, 6) is 0.247. The van der Waals surface area contributed by atoms with Gasteiger partial charge in [0.05, 0.1) is 46.7 Å². The lowest BCUT2D eigenvalue weighted by molar-refractivity contribution is 0.590. The van der Waals surface area contributed by atoms with E-state index in [9.17, 15) is 9.18 Å². The first-order chi connectivity index (χ1) is 15.6. The number of nitrogens with one attached hydrogen (secondary N) is 2. The number of fused-ring (bicyclic) bond motifs is 1. The molecule has 0 saturated carbocycles. The fourth-order valence-electron chi connectivity index (χ4n) is 3.46. The van der Waals surface area contributed by atoms with Crippen LogP contribution in [-0.2, 0) is 13.1 Å². The highest BCUT2D eigenvalue weighted by Crippen LogP contribution is 2.23. The zero-order valence-electron chi connectivity index (χ0n) is 16.7. The number of pyridine rings is 2. The fraction of sp³-hybridized carbons (Fsp3) is 0.0909. The summed E-state index contributed by atoms with van der Waals surface area (Å²) in [6.07, 6.45) is 8.10. The van der Waals surface area contributed by atoms with E-state index < -0.39 is 0 Å². The first kappa shape index (κ1) is 20.0. The third-order valence-corrected chi connectivity index (χ3v) is 5.40. The van der Waals surface area contributed by atoms with Crippen molar-refractivity contribution in [1.82, 2.24) is 29.5 Å². The topological polar surface area (TPSA) is 93.4 Å². The SMILES string of the molecule is O=c1c2cnn(Cc3ccccc3F)c2ccn1-c1cc(NCc2cn[nH]c2)ncc1Cl. The van der Waals surface area contributed by atoms with Gasteiger partial charge >= 0.3 is 0 Å². The third-order valence-electron chi connectivity index (χ3n) is 5.11. The van der Waals surface area contributed by atoms with Crippen LogP contribution < -0.4 is 10.9 Å². The molecule has 0 fully saturated rings. The zero-order valence-corrected chi connectivity index (χ0v) is 17.4. The van der Waals surface area contributed by atoms with E-state index in [4.69, 9.17) is 11.6 Å². The molecule has 5 rings (SSSR count). The molecule has 10 heteroatoms. The number of H-pyrrole nitrogens is 1. The molecule has 0 bridgehead atoms. The molecule has 4 aromatic heterocycles. The summed E-state index contributed by atoms with van der Waals surface area (Å²) in [7, 11) is 0. The predicted molar refractivity (Wildman–Crippen MR) is 120 cm³/mol. The van der Waals surface area contributed by atoms with Gasteiger partial charge in [0.15, 0.2) is 0 Å². The number of halogens is 2. The first-order valence-corrected chi connectivity index (χ1v) is 10.2. The summed E-state index contributed by atoms with van der Waals surface area (Å²) in [6.45, 7) is 0.735. The van der Waals surface area contributed by atoms with E-state index >= 15 is 0 Å². The lowest BCUT2D eigenvalue weighted by atomic mass is 10.2. The average Bonchev–Trinajstić information content (AvgIpc) is 3.46. The number of hydrogen-bond acceptors (Lipinski definition) is 5. The van der Waals surface area contributed by atoms with Gasteiger partial charge < -0.3 is 5.32 Å². The van der Waals surface area contributed by atoms with Crippen LogP contribution >= 0.6 is 11.6 Å². The number of aromatic nitrogens is 6. The normalized spacial score (nSPS) is 11.2. The molecule has 32 heavy (non-hydrogen) atoms. The van der Waals surface area contributed by atoms with E-state index in [1.54, 1.807) is 53.6 Å². The highest BCUT2D eigenvalue weighted by Gasteiger charge is 2.14. The summed E-state index contributed by atoms with van der Waals surface area (Å²) in [6, 6.07) is 9.96. The highest BCUT2D eigenvalue weighted by molar-refractivity contribution is 6.32. The molecular formula is C22H17ClFN7O. The smallest absolute Gasteiger partial charge is 0.266 e. The monoisotopic (exact) mass is 449 g/mol. The molecule has 0 aliphatic carbocycles. The van der Waals surface area contributed by atoms with Gasteiger partial charge in [0.1, 0.15) is 11.6 Å². The maximum absolute atomic E-state index is 14.0. The Bertz CT molecular complexity index is 1460. The maximum atomic E-state index is 14.0. The minimum atomic E-state index is -0.316. The number of nitrogens with zero attached hydrogens (tertiary/aromatic N) is 5. The molecule has 160 valence electrons. The standard InChI is InChI=1S/C22H17ClFN7O/c23-17-12-26-21(25-8-14-9-27-28-10-14)7-20(17)30-6-5-19-16(22(30)32)11-29-31(19)13-15-3-1-2-4-18(15)24/h1-7,9-12H,8,13H2,(H,25,26)(H,27,28). The van der Waals surface area contributed by atoms with Gasteiger partial charge in [0, 0.05) is 36.1 Å². The Kier molecular flexibility index (Phi) is 5.16. The quantitative estimate of drug-likeness (QED) is 0.411. The summed E-state index contributed by atoms with van der Waals surface area (Å²) >= 11 is 6.36. The molecule has 4 heterocycles. The molecule has 0 aliphatic rings. The van der Waals surface area contributed by atoms with Crippen molar-refractivity contribution in [3.05, 3.63) is 99.7 Å². The number of hydrogen-bond donors (Lipinski definition) is 2. The minimum absolute atomic E-state index is 0.220. The van der Waals surface area contributed by atoms with Crippen molar-refractivity contribution in [2.24, 2.45) is 0 Å². The van der Waals surface area contributed by atoms with Crippen LogP contribution in [0.25, 0.3) is 16.6 Å². The summed E-state index contributed by atoms with van der Waals surface area (Å²) in [5, 5.41) is 14.9. The Morgan fingerprint density at radius 3 is 2.84 bits per heavy atom. The maximum Gasteiger partial charge on any atom is 0.266 e. The minimum Gasteiger partial charge on any atom is -0.366 e. The van der Waals surface area contributed by atoms with Crippen LogP contribution in [0, 0.1) is 5.82 Å². The van der Waals surface area contributed by atoms with Gasteiger partial charge in [-0.05, 0) is 12.1 Å². The molecule has 1 aromatic carbocycles. The van der Waals surface area contributed by atoms with Gasteiger partial charge in [0.2, 0.25) is 0 Å². The van der Waals surface area contributed by atoms with Crippen LogP contribution in [0.3, 0.4) is 0 Å². The molecule has 0 unspecified atom stereocenters. The van der Waals surface area contributed by atoms with Crippen LogP contribution in [-0.4, -0.2) is 29.5 Å². The average molecular weight is 450 g/mol. The van der Waals surface area contributed by atoms with Gasteiger partial charge in [-0.2, -0.15) is 10.2 Å². The molecule has 0 spiro atoms. The van der Waals surface area contributed by atoms with Crippen molar-refractivity contribution in [2.45, 2.75) is 13.1 Å². The van der Waals surface area contributed by atoms with Crippen LogP contribution in [0.5, 0.6) is 0 Å². The van der Waals surface area contributed by atoms with Crippen LogP contribution in [0.15, 0.2) is 72.2 Å². The van der Waals surface area contributed by atoms with Gasteiger partial charge in [-0.3, -0.25) is 19.1 Å². The van der Waals surface area contributed by atoms with E-state index in [1.165, 1.54) is 23.0 Å². The van der Waals surface area contributed by atoms with Crippen molar-refractivity contribution in [3.63, 3.8) is 0 Å². The highest BCUT2D eigenvalue weighted by atomic mass is 35.5. The number of benzene rings is 1. The summed E-state index contributed by atoms with van der Waals surface area (Å²) in [4.78, 5) is 17.5. The Balaban J connectivity index is 1.48. The van der Waals surface area contributed by atoms with E-state index in [0.717, 1.165) is 5.56 Å². The van der Waals surface area contributed by atoms with Gasteiger partial charge in [-0.1, -0.05) is 29.8 Å². The lowest BCUT2D eigenvalue weighted by Crippen LogP contribution is -2.18. The van der Waals surface area contributed by atoms with E-state index in [1.807, 2.05) is 0 Å². The van der Waals surface area contributed by atoms with Crippen molar-refractivity contribution >= 4 is 28.3 Å². The Morgan fingerprint density at radius 1 is 1.16 bits per heavy atom. The molecule has 0 atom stereocenters. The Morgan fingerprint density at radius 2 is 2.03 bits per heavy atom. The first-order valence-electron chi connectivity index (χ1n) is 9.78. The lowest BCUT2D eigenvalue weighted by Gasteiger charge is -2.11. The molecule has 0 aliphatic heterocycles. The molecule has 0 radical (unpaired) electrons. The number of rotatable bonds is 6. The third kappa shape index (κ3) is 3.74. The van der Waals surface area contributed by atoms with Gasteiger partial charge in [-0.15, -0.1) is 0 Å². The summed E-state index contributed by atoms with van der Waals surface area (Å²) in [5.41, 5.74) is 2.27. The molecule has 0 saturated heterocycles. The molecule has 8 nitrogen and oxygen atoms in total. The second-order valence-corrected chi connectivity index (χ2v) is 7.57. The van der Waals surface area contributed by atoms with E-state index in [0.29, 0.717) is 39.5 Å². The largest absolute Gasteiger partial charge is 0.366 e. The van der Waals surface area contributed by atoms with Crippen LogP contribution in [0.1, 0.15) is 11.1 Å². The Labute approximate surface area is 186 Å². The van der Waals surface area contributed by atoms with E-state index in [2.05, 4.69) is 25.6 Å². The molecule has 5 aromatic rings. The second kappa shape index (κ2) is 8.27. The second-order valence-electron chi connectivity index (χ2n) is 7.16. The van der Waals surface area contributed by atoms with Crippen molar-refractivity contribution in [1.29, 1.82) is 0 Å². The summed E-state index contributed by atoms with van der Waals surface area (Å²) < 4.78 is 17.1. The number of anilines is 1. The fourth-order valence-corrected chi connectivity index (χ4v) is 3.65. The Hall–Kier alpha value is -3.98.